The van der Waals surface area contributed by atoms with E-state index in [2.05, 4.69) is 13.0 Å². The summed E-state index contributed by atoms with van der Waals surface area (Å²) in [6.07, 6.45) is 17.4. The van der Waals surface area contributed by atoms with Crippen molar-refractivity contribution in [1.29, 1.82) is 0 Å². The zero-order valence-corrected chi connectivity index (χ0v) is 13.2. The Kier molecular flexibility index (Phi) is 5.68. The van der Waals surface area contributed by atoms with Crippen LogP contribution in [0.1, 0.15) is 71.1 Å². The number of hydrogen-bond donors (Lipinski definition) is 0. The second-order valence-corrected chi connectivity index (χ2v) is 6.99. The molecule has 0 aliphatic heterocycles. The average Bonchev–Trinajstić information content (AvgIpc) is 2.46. The van der Waals surface area contributed by atoms with E-state index in [9.17, 15) is 4.79 Å². The third-order valence-electron chi connectivity index (χ3n) is 5.65. The Morgan fingerprint density at radius 2 is 1.75 bits per heavy atom. The fourth-order valence-electron chi connectivity index (χ4n) is 4.29. The van der Waals surface area contributed by atoms with Gasteiger partial charge in [0.2, 0.25) is 0 Å². The van der Waals surface area contributed by atoms with Gasteiger partial charge < -0.3 is 4.74 Å². The number of hydrogen-bond acceptors (Lipinski definition) is 2. The third-order valence-corrected chi connectivity index (χ3v) is 5.65. The zero-order chi connectivity index (χ0) is 14.4. The molecule has 2 aliphatic rings. The fraction of sp³-hybridized carbons (Fsp3) is 0.833. The van der Waals surface area contributed by atoms with Gasteiger partial charge in [0.1, 0.15) is 0 Å². The average molecular weight is 278 g/mol. The van der Waals surface area contributed by atoms with Gasteiger partial charge in [-0.1, -0.05) is 51.5 Å². The first-order valence-corrected chi connectivity index (χ1v) is 8.42. The summed E-state index contributed by atoms with van der Waals surface area (Å²) in [5.74, 6) is 1.25. The van der Waals surface area contributed by atoms with Gasteiger partial charge in [0.25, 0.3) is 0 Å². The van der Waals surface area contributed by atoms with E-state index < -0.39 is 0 Å². The van der Waals surface area contributed by atoms with Crippen LogP contribution in [0.5, 0.6) is 0 Å². The molecule has 2 fully saturated rings. The van der Waals surface area contributed by atoms with Crippen LogP contribution in [0.2, 0.25) is 0 Å². The number of allylic oxidation sites excluding steroid dienone is 1. The van der Waals surface area contributed by atoms with E-state index >= 15 is 0 Å². The molecule has 2 rings (SSSR count). The van der Waals surface area contributed by atoms with E-state index in [1.807, 2.05) is 0 Å². The topological polar surface area (TPSA) is 26.3 Å². The van der Waals surface area contributed by atoms with Crippen molar-refractivity contribution in [1.82, 2.24) is 0 Å². The molecule has 0 aromatic carbocycles. The lowest BCUT2D eigenvalue weighted by molar-refractivity contribution is -0.134. The number of carbonyl (C=O) groups excluding carboxylic acids is 1. The van der Waals surface area contributed by atoms with E-state index in [0.29, 0.717) is 11.3 Å². The maximum atomic E-state index is 11.4. The first kappa shape index (κ1) is 15.6. The first-order valence-electron chi connectivity index (χ1n) is 8.42. The quantitative estimate of drug-likeness (QED) is 0.531. The summed E-state index contributed by atoms with van der Waals surface area (Å²) >= 11 is 0. The lowest BCUT2D eigenvalue weighted by atomic mass is 9.60. The van der Waals surface area contributed by atoms with Gasteiger partial charge in [-0.05, 0) is 42.9 Å². The van der Waals surface area contributed by atoms with Gasteiger partial charge in [-0.2, -0.15) is 0 Å². The number of ether oxygens (including phenoxy) is 1. The molecule has 2 aliphatic carbocycles. The van der Waals surface area contributed by atoms with Crippen LogP contribution in [-0.4, -0.2) is 13.1 Å². The summed E-state index contributed by atoms with van der Waals surface area (Å²) in [4.78, 5) is 11.4. The van der Waals surface area contributed by atoms with Gasteiger partial charge in [0.15, 0.2) is 0 Å². The van der Waals surface area contributed by atoms with Crippen molar-refractivity contribution in [2.45, 2.75) is 71.1 Å². The molecule has 3 atom stereocenters. The van der Waals surface area contributed by atoms with E-state index in [0.717, 1.165) is 5.92 Å². The van der Waals surface area contributed by atoms with Gasteiger partial charge >= 0.3 is 5.97 Å². The number of methoxy groups -OCH3 is 1. The molecule has 114 valence electrons. The molecule has 2 saturated carbocycles. The Balaban J connectivity index is 2.10. The third kappa shape index (κ3) is 3.86. The van der Waals surface area contributed by atoms with Crippen LogP contribution in [0, 0.1) is 17.3 Å². The molecule has 0 aromatic heterocycles. The lowest BCUT2D eigenvalue weighted by Gasteiger charge is -2.45. The first-order chi connectivity index (χ1) is 9.66. The standard InChI is InChI=1S/C18H30O2/c1-15-7-3-5-12-18(14-11-15)13-6-4-8-16(18)9-10-17(19)20-2/h9-10,15-16H,3-8,11-14H2,1-2H3/b10-9+. The van der Waals surface area contributed by atoms with Crippen molar-refractivity contribution in [2.75, 3.05) is 7.11 Å². The highest BCUT2D eigenvalue weighted by atomic mass is 16.5. The van der Waals surface area contributed by atoms with Crippen molar-refractivity contribution in [3.05, 3.63) is 12.2 Å². The van der Waals surface area contributed by atoms with Gasteiger partial charge in [0, 0.05) is 6.08 Å². The van der Waals surface area contributed by atoms with Crippen molar-refractivity contribution in [2.24, 2.45) is 17.3 Å². The Morgan fingerprint density at radius 1 is 1.05 bits per heavy atom. The fourth-order valence-corrected chi connectivity index (χ4v) is 4.29. The van der Waals surface area contributed by atoms with Gasteiger partial charge in [-0.25, -0.2) is 4.79 Å². The van der Waals surface area contributed by atoms with Crippen LogP contribution in [0.25, 0.3) is 0 Å². The Labute approximate surface area is 124 Å². The van der Waals surface area contributed by atoms with Crippen LogP contribution in [0.3, 0.4) is 0 Å². The molecule has 0 N–H and O–H groups in total. The monoisotopic (exact) mass is 278 g/mol. The molecular weight excluding hydrogens is 248 g/mol. The zero-order valence-electron chi connectivity index (χ0n) is 13.2. The van der Waals surface area contributed by atoms with E-state index in [1.54, 1.807) is 6.08 Å². The predicted molar refractivity (Wildman–Crippen MR) is 82.4 cm³/mol. The normalized spacial score (nSPS) is 35.7. The molecule has 2 heteroatoms. The summed E-state index contributed by atoms with van der Waals surface area (Å²) in [5, 5.41) is 0. The molecule has 0 heterocycles. The number of rotatable bonds is 2. The minimum atomic E-state index is -0.204. The van der Waals surface area contributed by atoms with Crippen molar-refractivity contribution >= 4 is 5.97 Å². The minimum absolute atomic E-state index is 0.204. The maximum absolute atomic E-state index is 11.4. The molecule has 1 spiro atoms. The molecule has 0 amide bonds. The molecule has 0 radical (unpaired) electrons. The van der Waals surface area contributed by atoms with E-state index in [4.69, 9.17) is 4.74 Å². The summed E-state index contributed by atoms with van der Waals surface area (Å²) in [5.41, 5.74) is 0.470. The van der Waals surface area contributed by atoms with Crippen molar-refractivity contribution in [3.63, 3.8) is 0 Å². The van der Waals surface area contributed by atoms with E-state index in [1.165, 1.54) is 71.3 Å². The molecule has 0 aromatic rings. The summed E-state index contributed by atoms with van der Waals surface area (Å²) in [6.45, 7) is 2.40. The summed E-state index contributed by atoms with van der Waals surface area (Å²) < 4.78 is 4.75. The van der Waals surface area contributed by atoms with Gasteiger partial charge in [0.05, 0.1) is 7.11 Å². The van der Waals surface area contributed by atoms with Crippen LogP contribution in [0.15, 0.2) is 12.2 Å². The maximum Gasteiger partial charge on any atom is 0.330 e. The highest BCUT2D eigenvalue weighted by Gasteiger charge is 2.39. The lowest BCUT2D eigenvalue weighted by Crippen LogP contribution is -2.34. The Hall–Kier alpha value is -0.790. The number of carbonyl (C=O) groups is 1. The largest absolute Gasteiger partial charge is 0.466 e. The molecule has 2 nitrogen and oxygen atoms in total. The summed E-state index contributed by atoms with van der Waals surface area (Å²) in [7, 11) is 1.46. The summed E-state index contributed by atoms with van der Waals surface area (Å²) in [6, 6.07) is 0. The van der Waals surface area contributed by atoms with Crippen LogP contribution in [0.4, 0.5) is 0 Å². The highest BCUT2D eigenvalue weighted by molar-refractivity contribution is 5.81. The Morgan fingerprint density at radius 3 is 2.45 bits per heavy atom. The smallest absolute Gasteiger partial charge is 0.330 e. The second-order valence-electron chi connectivity index (χ2n) is 6.99. The molecule has 0 bridgehead atoms. The van der Waals surface area contributed by atoms with Crippen LogP contribution >= 0.6 is 0 Å². The van der Waals surface area contributed by atoms with E-state index in [-0.39, 0.29) is 5.97 Å². The van der Waals surface area contributed by atoms with Crippen LogP contribution in [-0.2, 0) is 9.53 Å². The molecule has 3 unspecified atom stereocenters. The highest BCUT2D eigenvalue weighted by Crippen LogP contribution is 2.50. The minimum Gasteiger partial charge on any atom is -0.466 e. The van der Waals surface area contributed by atoms with Crippen molar-refractivity contribution < 1.29 is 9.53 Å². The molecular formula is C18H30O2. The predicted octanol–water partition coefficient (Wildman–Crippen LogP) is 4.88. The second kappa shape index (κ2) is 7.28. The van der Waals surface area contributed by atoms with Gasteiger partial charge in [-0.15, -0.1) is 0 Å². The number of esters is 1. The molecule has 0 saturated heterocycles. The molecule has 20 heavy (non-hydrogen) atoms. The van der Waals surface area contributed by atoms with Gasteiger partial charge in [-0.3, -0.25) is 0 Å². The Bertz CT molecular complexity index is 347. The SMILES string of the molecule is COC(=O)/C=C/C1CCCCC12CCCCC(C)CC2. The van der Waals surface area contributed by atoms with Crippen molar-refractivity contribution in [3.8, 4) is 0 Å². The van der Waals surface area contributed by atoms with Crippen LogP contribution < -0.4 is 0 Å².